The van der Waals surface area contributed by atoms with Crippen LogP contribution in [0.4, 0.5) is 0 Å². The predicted molar refractivity (Wildman–Crippen MR) is 96.1 cm³/mol. The number of para-hydroxylation sites is 1. The molecule has 0 spiro atoms. The zero-order chi connectivity index (χ0) is 17.6. The van der Waals surface area contributed by atoms with Gasteiger partial charge in [-0.2, -0.15) is 5.10 Å². The minimum absolute atomic E-state index is 0.00354. The fraction of sp³-hybridized carbons (Fsp3) is 0.158. The van der Waals surface area contributed by atoms with Crippen LogP contribution in [0.1, 0.15) is 11.4 Å². The lowest BCUT2D eigenvalue weighted by Gasteiger charge is -2.06. The van der Waals surface area contributed by atoms with Crippen molar-refractivity contribution in [1.82, 2.24) is 9.78 Å². The van der Waals surface area contributed by atoms with Gasteiger partial charge in [-0.1, -0.05) is 29.8 Å². The number of aryl methyl sites for hydroxylation is 1. The van der Waals surface area contributed by atoms with Gasteiger partial charge < -0.3 is 9.15 Å². The molecule has 0 N–H and O–H groups in total. The van der Waals surface area contributed by atoms with Crippen molar-refractivity contribution in [2.75, 3.05) is 0 Å². The molecule has 0 unspecified atom stereocenters. The van der Waals surface area contributed by atoms with Crippen molar-refractivity contribution in [1.29, 1.82) is 0 Å². The number of ether oxygens (including phenoxy) is 1. The largest absolute Gasteiger partial charge is 0.456 e. The average Bonchev–Trinajstić information content (AvgIpc) is 3.08. The first-order chi connectivity index (χ1) is 12.0. The van der Waals surface area contributed by atoms with E-state index in [2.05, 4.69) is 5.10 Å². The van der Waals surface area contributed by atoms with E-state index >= 15 is 0 Å². The van der Waals surface area contributed by atoms with Crippen molar-refractivity contribution in [2.45, 2.75) is 20.4 Å². The third-order valence-corrected chi connectivity index (χ3v) is 4.70. The molecule has 0 aliphatic heterocycles. The molecule has 2 aromatic carbocycles. The van der Waals surface area contributed by atoms with Crippen LogP contribution < -0.4 is 4.74 Å². The topological polar surface area (TPSA) is 57.3 Å². The molecule has 0 fully saturated rings. The summed E-state index contributed by atoms with van der Waals surface area (Å²) in [6.07, 6.45) is 0. The number of esters is 1. The molecule has 0 amide bonds. The maximum Gasteiger partial charge on any atom is 0.333 e. The zero-order valence-corrected chi connectivity index (χ0v) is 14.5. The highest BCUT2D eigenvalue weighted by molar-refractivity contribution is 6.31. The number of hydrogen-bond donors (Lipinski definition) is 0. The Hall–Kier alpha value is -2.79. The van der Waals surface area contributed by atoms with Crippen molar-refractivity contribution in [2.24, 2.45) is 0 Å². The normalized spacial score (nSPS) is 11.3. The summed E-state index contributed by atoms with van der Waals surface area (Å²) in [7, 11) is 0. The molecule has 126 valence electrons. The maximum atomic E-state index is 12.2. The molecule has 6 heteroatoms. The molecule has 4 rings (SSSR count). The van der Waals surface area contributed by atoms with Gasteiger partial charge in [-0.05, 0) is 38.1 Å². The Balaban J connectivity index is 1.60. The Labute approximate surface area is 148 Å². The van der Waals surface area contributed by atoms with E-state index in [0.717, 1.165) is 27.6 Å². The van der Waals surface area contributed by atoms with E-state index in [-0.39, 0.29) is 6.54 Å². The first-order valence-corrected chi connectivity index (χ1v) is 8.22. The van der Waals surface area contributed by atoms with Gasteiger partial charge in [0.15, 0.2) is 0 Å². The van der Waals surface area contributed by atoms with Gasteiger partial charge >= 0.3 is 5.97 Å². The summed E-state index contributed by atoms with van der Waals surface area (Å²) in [6, 6.07) is 13.1. The SMILES string of the molecule is Cc1nn(CC(=O)Oc2ccc3oc4ccccc4c3c2)c(C)c1Cl. The minimum Gasteiger partial charge on any atom is -0.456 e. The number of hydrogen-bond acceptors (Lipinski definition) is 4. The quantitative estimate of drug-likeness (QED) is 0.396. The molecule has 0 saturated heterocycles. The second kappa shape index (κ2) is 5.93. The Morgan fingerprint density at radius 1 is 1.16 bits per heavy atom. The number of furan rings is 1. The monoisotopic (exact) mass is 354 g/mol. The van der Waals surface area contributed by atoms with Gasteiger partial charge in [0, 0.05) is 10.8 Å². The van der Waals surface area contributed by atoms with E-state index in [1.165, 1.54) is 0 Å². The van der Waals surface area contributed by atoms with E-state index in [0.29, 0.717) is 16.5 Å². The van der Waals surface area contributed by atoms with Gasteiger partial charge in [-0.25, -0.2) is 4.79 Å². The van der Waals surface area contributed by atoms with E-state index in [4.69, 9.17) is 20.8 Å². The lowest BCUT2D eigenvalue weighted by Crippen LogP contribution is -2.18. The molecule has 0 radical (unpaired) electrons. The van der Waals surface area contributed by atoms with E-state index < -0.39 is 5.97 Å². The van der Waals surface area contributed by atoms with Gasteiger partial charge in [-0.3, -0.25) is 4.68 Å². The van der Waals surface area contributed by atoms with Crippen LogP contribution in [0.15, 0.2) is 46.9 Å². The van der Waals surface area contributed by atoms with Crippen LogP contribution in [0.5, 0.6) is 5.75 Å². The van der Waals surface area contributed by atoms with Crippen LogP contribution in [0.3, 0.4) is 0 Å². The summed E-state index contributed by atoms with van der Waals surface area (Å²) >= 11 is 6.10. The summed E-state index contributed by atoms with van der Waals surface area (Å²) in [5, 5.41) is 6.71. The Kier molecular flexibility index (Phi) is 3.73. The summed E-state index contributed by atoms with van der Waals surface area (Å²) in [4.78, 5) is 12.2. The molecule has 5 nitrogen and oxygen atoms in total. The predicted octanol–water partition coefficient (Wildman–Crippen LogP) is 4.66. The fourth-order valence-electron chi connectivity index (χ4n) is 2.88. The number of carbonyl (C=O) groups excluding carboxylic acids is 1. The summed E-state index contributed by atoms with van der Waals surface area (Å²) in [5.41, 5.74) is 3.00. The molecule has 0 bridgehead atoms. The molecule has 25 heavy (non-hydrogen) atoms. The van der Waals surface area contributed by atoms with Crippen LogP contribution >= 0.6 is 11.6 Å². The lowest BCUT2D eigenvalue weighted by molar-refractivity contribution is -0.135. The number of benzene rings is 2. The summed E-state index contributed by atoms with van der Waals surface area (Å²) < 4.78 is 12.8. The highest BCUT2D eigenvalue weighted by atomic mass is 35.5. The van der Waals surface area contributed by atoms with Crippen LogP contribution in [0, 0.1) is 13.8 Å². The van der Waals surface area contributed by atoms with Crippen molar-refractivity contribution in [3.8, 4) is 5.75 Å². The smallest absolute Gasteiger partial charge is 0.333 e. The Morgan fingerprint density at radius 3 is 2.68 bits per heavy atom. The number of aromatic nitrogens is 2. The molecule has 0 atom stereocenters. The average molecular weight is 355 g/mol. The third kappa shape index (κ3) is 2.76. The van der Waals surface area contributed by atoms with E-state index in [1.807, 2.05) is 37.3 Å². The highest BCUT2D eigenvalue weighted by Gasteiger charge is 2.14. The first kappa shape index (κ1) is 15.7. The molecule has 2 heterocycles. The van der Waals surface area contributed by atoms with Gasteiger partial charge in [-0.15, -0.1) is 0 Å². The van der Waals surface area contributed by atoms with Crippen LogP contribution in [-0.2, 0) is 11.3 Å². The minimum atomic E-state index is -0.408. The maximum absolute atomic E-state index is 12.2. The number of halogens is 1. The third-order valence-electron chi connectivity index (χ3n) is 4.15. The second-order valence-electron chi connectivity index (χ2n) is 5.87. The van der Waals surface area contributed by atoms with Crippen LogP contribution in [0.2, 0.25) is 5.02 Å². The van der Waals surface area contributed by atoms with Gasteiger partial charge in [0.2, 0.25) is 0 Å². The lowest BCUT2D eigenvalue weighted by atomic mass is 10.1. The summed E-state index contributed by atoms with van der Waals surface area (Å²) in [6.45, 7) is 3.62. The molecule has 0 aliphatic carbocycles. The molecular weight excluding hydrogens is 340 g/mol. The zero-order valence-electron chi connectivity index (χ0n) is 13.7. The van der Waals surface area contributed by atoms with Gasteiger partial charge in [0.1, 0.15) is 23.5 Å². The number of rotatable bonds is 3. The van der Waals surface area contributed by atoms with E-state index in [9.17, 15) is 4.79 Å². The van der Waals surface area contributed by atoms with E-state index in [1.54, 1.807) is 23.7 Å². The fourth-order valence-corrected chi connectivity index (χ4v) is 3.02. The van der Waals surface area contributed by atoms with Crippen LogP contribution in [0.25, 0.3) is 21.9 Å². The molecule has 0 saturated carbocycles. The standard InChI is InChI=1S/C19H15ClN2O3/c1-11-19(20)12(2)22(21-11)10-18(23)24-13-7-8-17-15(9-13)14-5-3-4-6-16(14)25-17/h3-9H,10H2,1-2H3. The number of nitrogens with zero attached hydrogens (tertiary/aromatic N) is 2. The number of fused-ring (bicyclic) bond motifs is 3. The second-order valence-corrected chi connectivity index (χ2v) is 6.25. The van der Waals surface area contributed by atoms with Crippen LogP contribution in [-0.4, -0.2) is 15.7 Å². The van der Waals surface area contributed by atoms with Crippen molar-refractivity contribution < 1.29 is 13.9 Å². The molecule has 2 aromatic heterocycles. The molecule has 0 aliphatic rings. The van der Waals surface area contributed by atoms with Gasteiger partial charge in [0.25, 0.3) is 0 Å². The van der Waals surface area contributed by atoms with Gasteiger partial charge in [0.05, 0.1) is 16.4 Å². The Bertz CT molecular complexity index is 1110. The van der Waals surface area contributed by atoms with Crippen molar-refractivity contribution in [3.63, 3.8) is 0 Å². The highest BCUT2D eigenvalue weighted by Crippen LogP contribution is 2.31. The summed E-state index contributed by atoms with van der Waals surface area (Å²) in [5.74, 6) is 0.0612. The Morgan fingerprint density at radius 2 is 1.92 bits per heavy atom. The van der Waals surface area contributed by atoms with Crippen molar-refractivity contribution in [3.05, 3.63) is 58.9 Å². The molecular formula is C19H15ClN2O3. The molecule has 4 aromatic rings. The number of carbonyl (C=O) groups is 1. The van der Waals surface area contributed by atoms with Crippen molar-refractivity contribution >= 4 is 39.5 Å². The first-order valence-electron chi connectivity index (χ1n) is 7.84.